The minimum absolute atomic E-state index is 0.780. The Labute approximate surface area is 95.3 Å². The van der Waals surface area contributed by atoms with Crippen LogP contribution < -0.4 is 16.4 Å². The topological polar surface area (TPSA) is 62.4 Å². The maximum atomic E-state index is 5.93. The molecule has 0 unspecified atom stereocenters. The molecule has 16 heavy (non-hydrogen) atoms. The second-order valence-electron chi connectivity index (χ2n) is 3.78. The zero-order chi connectivity index (χ0) is 11.5. The van der Waals surface area contributed by atoms with E-state index in [4.69, 9.17) is 5.73 Å². The van der Waals surface area contributed by atoms with E-state index >= 15 is 0 Å². The molecule has 0 saturated heterocycles. The molecular formula is C12H16N4. The number of nitrogens with one attached hydrogen (secondary N) is 2. The summed E-state index contributed by atoms with van der Waals surface area (Å²) in [4.78, 5) is 4.28. The first-order chi connectivity index (χ1) is 7.70. The van der Waals surface area contributed by atoms with Crippen LogP contribution in [0.5, 0.6) is 0 Å². The number of aliphatic imine (C=N–C) groups is 1. The molecule has 0 bridgehead atoms. The van der Waals surface area contributed by atoms with Gasteiger partial charge in [-0.3, -0.25) is 4.99 Å². The molecule has 0 fully saturated rings. The minimum Gasteiger partial charge on any atom is -0.398 e. The number of hydrogen-bond acceptors (Lipinski definition) is 4. The second-order valence-corrected chi connectivity index (χ2v) is 3.78. The molecule has 1 aromatic rings. The summed E-state index contributed by atoms with van der Waals surface area (Å²) in [6.07, 6.45) is 1.76. The van der Waals surface area contributed by atoms with Crippen LogP contribution in [0, 0.1) is 6.92 Å². The maximum Gasteiger partial charge on any atom is 0.195 e. The number of nitrogens with zero attached hydrogens (tertiary/aromatic N) is 1. The molecule has 4 nitrogen and oxygen atoms in total. The van der Waals surface area contributed by atoms with E-state index in [1.807, 2.05) is 19.1 Å². The Bertz CT molecular complexity index is 449. The average Bonchev–Trinajstić information content (AvgIpc) is 2.76. The first kappa shape index (κ1) is 10.5. The minimum atomic E-state index is 0.780. The molecule has 1 aliphatic rings. The number of rotatable bonds is 2. The fourth-order valence-corrected chi connectivity index (χ4v) is 1.69. The Morgan fingerprint density at radius 2 is 2.38 bits per heavy atom. The lowest BCUT2D eigenvalue weighted by Crippen LogP contribution is -2.26. The van der Waals surface area contributed by atoms with Crippen LogP contribution in [0.15, 0.2) is 23.7 Å². The molecule has 0 radical (unpaired) electrons. The Kier molecular flexibility index (Phi) is 2.81. The van der Waals surface area contributed by atoms with Gasteiger partial charge >= 0.3 is 0 Å². The highest BCUT2D eigenvalue weighted by molar-refractivity contribution is 5.95. The van der Waals surface area contributed by atoms with Crippen LogP contribution in [-0.4, -0.2) is 19.0 Å². The molecule has 0 atom stereocenters. The standard InChI is InChI=1S/C12H16N4/c1-3-9-7-10(6-8(2)11(9)13)16-12-14-4-5-15-12/h3,6-7H,1,4-5,13H2,2H3,(H2,14,15,16). The summed E-state index contributed by atoms with van der Waals surface area (Å²) in [6, 6.07) is 3.97. The fourth-order valence-electron chi connectivity index (χ4n) is 1.69. The van der Waals surface area contributed by atoms with E-state index in [-0.39, 0.29) is 0 Å². The summed E-state index contributed by atoms with van der Waals surface area (Å²) in [6.45, 7) is 7.45. The number of guanidine groups is 1. The molecule has 0 amide bonds. The van der Waals surface area contributed by atoms with Crippen molar-refractivity contribution in [1.82, 2.24) is 5.32 Å². The van der Waals surface area contributed by atoms with E-state index in [9.17, 15) is 0 Å². The number of nitrogen functional groups attached to an aromatic ring is 1. The van der Waals surface area contributed by atoms with Crippen LogP contribution in [-0.2, 0) is 0 Å². The summed E-state index contributed by atoms with van der Waals surface area (Å²) in [5, 5.41) is 6.38. The van der Waals surface area contributed by atoms with Crippen molar-refractivity contribution < 1.29 is 0 Å². The summed E-state index contributed by atoms with van der Waals surface area (Å²) in [5.74, 6) is 0.819. The van der Waals surface area contributed by atoms with Gasteiger partial charge in [-0.2, -0.15) is 0 Å². The van der Waals surface area contributed by atoms with Gasteiger partial charge in [0.25, 0.3) is 0 Å². The monoisotopic (exact) mass is 216 g/mol. The number of aryl methyl sites for hydroxylation is 1. The van der Waals surface area contributed by atoms with Crippen LogP contribution in [0.1, 0.15) is 11.1 Å². The highest BCUT2D eigenvalue weighted by atomic mass is 15.2. The fraction of sp³-hybridized carbons (Fsp3) is 0.250. The van der Waals surface area contributed by atoms with Crippen LogP contribution in [0.4, 0.5) is 11.4 Å². The van der Waals surface area contributed by atoms with Gasteiger partial charge in [0.15, 0.2) is 5.96 Å². The molecule has 4 heteroatoms. The largest absolute Gasteiger partial charge is 0.398 e. The van der Waals surface area contributed by atoms with Crippen molar-refractivity contribution in [3.05, 3.63) is 29.8 Å². The summed E-state index contributed by atoms with van der Waals surface area (Å²) >= 11 is 0. The van der Waals surface area contributed by atoms with Gasteiger partial charge in [0.05, 0.1) is 6.54 Å². The van der Waals surface area contributed by atoms with E-state index in [1.54, 1.807) is 6.08 Å². The molecule has 4 N–H and O–H groups in total. The van der Waals surface area contributed by atoms with E-state index < -0.39 is 0 Å². The lowest BCUT2D eigenvalue weighted by molar-refractivity contribution is 0.959. The van der Waals surface area contributed by atoms with E-state index in [0.717, 1.165) is 41.6 Å². The molecule has 84 valence electrons. The number of benzene rings is 1. The Balaban J connectivity index is 2.27. The van der Waals surface area contributed by atoms with Gasteiger partial charge in [-0.1, -0.05) is 12.7 Å². The second kappa shape index (κ2) is 4.26. The van der Waals surface area contributed by atoms with Gasteiger partial charge in [0.2, 0.25) is 0 Å². The normalized spacial score (nSPS) is 14.2. The predicted octanol–water partition coefficient (Wildman–Crippen LogP) is 1.59. The van der Waals surface area contributed by atoms with E-state index in [1.165, 1.54) is 0 Å². The Hall–Kier alpha value is -1.97. The zero-order valence-corrected chi connectivity index (χ0v) is 9.38. The van der Waals surface area contributed by atoms with Crippen LogP contribution in [0.3, 0.4) is 0 Å². The first-order valence-corrected chi connectivity index (χ1v) is 5.28. The van der Waals surface area contributed by atoms with Crippen molar-refractivity contribution in [2.75, 3.05) is 24.1 Å². The Morgan fingerprint density at radius 1 is 1.56 bits per heavy atom. The molecule has 2 rings (SSSR count). The molecule has 0 saturated carbocycles. The van der Waals surface area contributed by atoms with Gasteiger partial charge in [-0.05, 0) is 30.2 Å². The smallest absolute Gasteiger partial charge is 0.195 e. The third-order valence-electron chi connectivity index (χ3n) is 2.58. The molecule has 0 aromatic heterocycles. The highest BCUT2D eigenvalue weighted by Gasteiger charge is 2.07. The third kappa shape index (κ3) is 2.00. The van der Waals surface area contributed by atoms with Gasteiger partial charge in [0, 0.05) is 17.9 Å². The lowest BCUT2D eigenvalue weighted by Gasteiger charge is -2.11. The van der Waals surface area contributed by atoms with Gasteiger partial charge in [-0.15, -0.1) is 0 Å². The van der Waals surface area contributed by atoms with Gasteiger partial charge in [-0.25, -0.2) is 0 Å². The lowest BCUT2D eigenvalue weighted by atomic mass is 10.1. The van der Waals surface area contributed by atoms with Crippen molar-refractivity contribution in [1.29, 1.82) is 0 Å². The van der Waals surface area contributed by atoms with E-state index in [2.05, 4.69) is 22.2 Å². The van der Waals surface area contributed by atoms with Crippen molar-refractivity contribution in [3.8, 4) is 0 Å². The van der Waals surface area contributed by atoms with Crippen LogP contribution in [0.2, 0.25) is 0 Å². The summed E-state index contributed by atoms with van der Waals surface area (Å²) in [7, 11) is 0. The molecule has 1 heterocycles. The van der Waals surface area contributed by atoms with Crippen molar-refractivity contribution in [2.24, 2.45) is 4.99 Å². The molecule has 1 aromatic carbocycles. The van der Waals surface area contributed by atoms with Crippen LogP contribution in [0.25, 0.3) is 6.08 Å². The number of hydrogen-bond donors (Lipinski definition) is 3. The predicted molar refractivity (Wildman–Crippen MR) is 69.6 cm³/mol. The number of nitrogens with two attached hydrogens (primary N) is 1. The molecule has 0 spiro atoms. The van der Waals surface area contributed by atoms with Crippen molar-refractivity contribution >= 4 is 23.4 Å². The third-order valence-corrected chi connectivity index (χ3v) is 2.58. The zero-order valence-electron chi connectivity index (χ0n) is 9.38. The maximum absolute atomic E-state index is 5.93. The number of anilines is 2. The van der Waals surface area contributed by atoms with Gasteiger partial charge in [0.1, 0.15) is 0 Å². The average molecular weight is 216 g/mol. The summed E-state index contributed by atoms with van der Waals surface area (Å²) in [5.41, 5.74) is 9.67. The quantitative estimate of drug-likeness (QED) is 0.658. The highest BCUT2D eigenvalue weighted by Crippen LogP contribution is 2.23. The van der Waals surface area contributed by atoms with E-state index in [0.29, 0.717) is 0 Å². The molecule has 0 aliphatic carbocycles. The molecule has 1 aliphatic heterocycles. The van der Waals surface area contributed by atoms with Gasteiger partial charge < -0.3 is 16.4 Å². The first-order valence-electron chi connectivity index (χ1n) is 5.28. The van der Waals surface area contributed by atoms with Crippen LogP contribution >= 0.6 is 0 Å². The SMILES string of the molecule is C=Cc1cc(NC2=NCCN2)cc(C)c1N. The van der Waals surface area contributed by atoms with Crippen molar-refractivity contribution in [2.45, 2.75) is 6.92 Å². The summed E-state index contributed by atoms with van der Waals surface area (Å²) < 4.78 is 0. The Morgan fingerprint density at radius 3 is 3.00 bits per heavy atom. The van der Waals surface area contributed by atoms with Crippen molar-refractivity contribution in [3.63, 3.8) is 0 Å². The molecular weight excluding hydrogens is 200 g/mol.